The van der Waals surface area contributed by atoms with Gasteiger partial charge in [0.2, 0.25) is 0 Å². The highest BCUT2D eigenvalue weighted by atomic mass is 32.2. The highest BCUT2D eigenvalue weighted by Crippen LogP contribution is 2.58. The van der Waals surface area contributed by atoms with Gasteiger partial charge in [-0.25, -0.2) is 13.7 Å². The third-order valence-corrected chi connectivity index (χ3v) is 7.63. The molecular weight excluding hydrogens is 403 g/mol. The van der Waals surface area contributed by atoms with E-state index in [1.807, 2.05) is 39.8 Å². The maximum absolute atomic E-state index is 12.9. The molecule has 1 fully saturated rings. The van der Waals surface area contributed by atoms with Gasteiger partial charge < -0.3 is 9.47 Å². The molecule has 10 heteroatoms. The maximum Gasteiger partial charge on any atom is 0.425 e. The minimum atomic E-state index is -3.47. The fourth-order valence-corrected chi connectivity index (χ4v) is 5.81. The van der Waals surface area contributed by atoms with Crippen molar-refractivity contribution in [2.45, 2.75) is 34.1 Å². The van der Waals surface area contributed by atoms with E-state index < -0.39 is 13.8 Å². The van der Waals surface area contributed by atoms with E-state index in [2.05, 4.69) is 0 Å². The lowest BCUT2D eigenvalue weighted by atomic mass is 9.90. The molecular formula is C18H27N2O6PS. The third-order valence-electron chi connectivity index (χ3n) is 4.58. The van der Waals surface area contributed by atoms with Crippen molar-refractivity contribution >= 4 is 26.0 Å². The first kappa shape index (κ1) is 21.5. The van der Waals surface area contributed by atoms with Gasteiger partial charge in [0.05, 0.1) is 31.6 Å². The van der Waals surface area contributed by atoms with Crippen LogP contribution in [0.15, 0.2) is 35.5 Å². The van der Waals surface area contributed by atoms with E-state index in [-0.39, 0.29) is 10.8 Å². The Kier molecular flexibility index (Phi) is 5.78. The molecule has 0 saturated carbocycles. The lowest BCUT2D eigenvalue weighted by Gasteiger charge is -2.37. The van der Waals surface area contributed by atoms with Crippen LogP contribution in [0.25, 0.3) is 0 Å². The SMILES string of the molecule is CN(SN(C)P1(=O)OCC(C)(C)CO1)C(=O)OC1=C2OC=CC=C2CC1(C)C. The van der Waals surface area contributed by atoms with E-state index in [0.29, 0.717) is 24.7 Å². The van der Waals surface area contributed by atoms with Gasteiger partial charge in [-0.05, 0) is 18.1 Å². The fraction of sp³-hybridized carbons (Fsp3) is 0.611. The molecule has 1 aliphatic carbocycles. The van der Waals surface area contributed by atoms with Crippen LogP contribution in [0.2, 0.25) is 0 Å². The first-order valence-corrected chi connectivity index (χ1v) is 11.2. The first-order valence-electron chi connectivity index (χ1n) is 8.98. The minimum absolute atomic E-state index is 0.203. The van der Waals surface area contributed by atoms with Gasteiger partial charge in [-0.3, -0.25) is 9.05 Å². The summed E-state index contributed by atoms with van der Waals surface area (Å²) in [6.45, 7) is 8.55. The van der Waals surface area contributed by atoms with Crippen LogP contribution in [-0.4, -0.2) is 41.8 Å². The number of nitrogens with zero attached hydrogens (tertiary/aromatic N) is 2. The average Bonchev–Trinajstić information content (AvgIpc) is 2.87. The van der Waals surface area contributed by atoms with Crippen LogP contribution in [0, 0.1) is 10.8 Å². The van der Waals surface area contributed by atoms with E-state index in [4.69, 9.17) is 18.5 Å². The molecule has 0 N–H and O–H groups in total. The zero-order valence-electron chi connectivity index (χ0n) is 17.1. The molecule has 3 aliphatic rings. The van der Waals surface area contributed by atoms with Crippen molar-refractivity contribution in [2.75, 3.05) is 27.3 Å². The quantitative estimate of drug-likeness (QED) is 0.463. The summed E-state index contributed by atoms with van der Waals surface area (Å²) in [5.74, 6) is 1.07. The average molecular weight is 430 g/mol. The Balaban J connectivity index is 1.64. The number of hydrogen-bond donors (Lipinski definition) is 0. The number of rotatable bonds is 4. The van der Waals surface area contributed by atoms with Gasteiger partial charge in [0.15, 0.2) is 11.5 Å². The summed E-state index contributed by atoms with van der Waals surface area (Å²) in [6, 6.07) is 0. The van der Waals surface area contributed by atoms with Gasteiger partial charge in [-0.1, -0.05) is 33.8 Å². The number of fused-ring (bicyclic) bond motifs is 1. The molecule has 8 nitrogen and oxygen atoms in total. The van der Waals surface area contributed by atoms with Gasteiger partial charge in [-0.2, -0.15) is 0 Å². The molecule has 1 saturated heterocycles. The van der Waals surface area contributed by atoms with E-state index in [1.54, 1.807) is 13.3 Å². The van der Waals surface area contributed by atoms with Crippen LogP contribution < -0.4 is 0 Å². The Morgan fingerprint density at radius 2 is 1.86 bits per heavy atom. The summed E-state index contributed by atoms with van der Waals surface area (Å²) < 4.78 is 37.6. The van der Waals surface area contributed by atoms with E-state index in [0.717, 1.165) is 24.1 Å². The Hall–Kier alpha value is -1.25. The van der Waals surface area contributed by atoms with Crippen molar-refractivity contribution in [1.29, 1.82) is 0 Å². The van der Waals surface area contributed by atoms with Gasteiger partial charge >= 0.3 is 13.8 Å². The van der Waals surface area contributed by atoms with Crippen molar-refractivity contribution in [3.63, 3.8) is 0 Å². The van der Waals surface area contributed by atoms with Crippen LogP contribution in [-0.2, 0) is 23.1 Å². The van der Waals surface area contributed by atoms with Crippen molar-refractivity contribution in [3.05, 3.63) is 35.5 Å². The molecule has 156 valence electrons. The van der Waals surface area contributed by atoms with Crippen LogP contribution in [0.4, 0.5) is 4.79 Å². The highest BCUT2D eigenvalue weighted by Gasteiger charge is 2.43. The molecule has 3 rings (SSSR count). The number of allylic oxidation sites excluding steroid dienone is 4. The van der Waals surface area contributed by atoms with Gasteiger partial charge in [0, 0.05) is 24.9 Å². The van der Waals surface area contributed by atoms with Gasteiger partial charge in [0.1, 0.15) is 0 Å². The molecule has 0 bridgehead atoms. The van der Waals surface area contributed by atoms with E-state index in [1.165, 1.54) is 15.4 Å². The number of ether oxygens (including phenoxy) is 2. The minimum Gasteiger partial charge on any atom is -0.461 e. The van der Waals surface area contributed by atoms with Gasteiger partial charge in [0.25, 0.3) is 0 Å². The molecule has 0 aromatic rings. The van der Waals surface area contributed by atoms with Crippen molar-refractivity contribution in [2.24, 2.45) is 10.8 Å². The first-order chi connectivity index (χ1) is 12.9. The monoisotopic (exact) mass is 430 g/mol. The molecule has 0 aromatic heterocycles. The van der Waals surface area contributed by atoms with Crippen LogP contribution in [0.1, 0.15) is 34.1 Å². The lowest BCUT2D eigenvalue weighted by Crippen LogP contribution is -2.33. The predicted octanol–water partition coefficient (Wildman–Crippen LogP) is 4.84. The molecule has 2 aliphatic heterocycles. The lowest BCUT2D eigenvalue weighted by molar-refractivity contribution is 0.0313. The highest BCUT2D eigenvalue weighted by molar-refractivity contribution is 7.99. The maximum atomic E-state index is 12.9. The van der Waals surface area contributed by atoms with Crippen LogP contribution >= 0.6 is 19.9 Å². The third kappa shape index (κ3) is 4.33. The number of carbonyl (C=O) groups excluding carboxylic acids is 1. The second kappa shape index (κ2) is 7.54. The number of carbonyl (C=O) groups is 1. The zero-order valence-corrected chi connectivity index (χ0v) is 18.8. The molecule has 2 heterocycles. The standard InChI is InChI=1S/C18H27N2O6PS/c1-17(2)11-24-27(22,25-12-17)20(6)28-19(5)16(21)26-15-14-13(8-7-9-23-14)10-18(15,3)4/h7-9H,10-12H2,1-6H3. The molecule has 0 spiro atoms. The number of hydrogen-bond acceptors (Lipinski definition) is 7. The van der Waals surface area contributed by atoms with Crippen molar-refractivity contribution in [3.8, 4) is 0 Å². The van der Waals surface area contributed by atoms with E-state index in [9.17, 15) is 9.36 Å². The summed E-state index contributed by atoms with van der Waals surface area (Å²) in [6.07, 6.45) is 5.46. The number of amides is 1. The molecule has 1 amide bonds. The van der Waals surface area contributed by atoms with Gasteiger partial charge in [-0.15, -0.1) is 4.08 Å². The Labute approximate surface area is 170 Å². The molecule has 0 unspecified atom stereocenters. The summed E-state index contributed by atoms with van der Waals surface area (Å²) in [7, 11) is -0.374. The normalized spacial score (nSPS) is 24.5. The molecule has 28 heavy (non-hydrogen) atoms. The Morgan fingerprint density at radius 1 is 1.21 bits per heavy atom. The predicted molar refractivity (Wildman–Crippen MR) is 107 cm³/mol. The topological polar surface area (TPSA) is 77.5 Å². The fourth-order valence-electron chi connectivity index (χ4n) is 2.96. The molecule has 0 atom stereocenters. The smallest absolute Gasteiger partial charge is 0.425 e. The summed E-state index contributed by atoms with van der Waals surface area (Å²) >= 11 is 0.913. The van der Waals surface area contributed by atoms with Crippen molar-refractivity contribution in [1.82, 2.24) is 8.38 Å². The zero-order chi connectivity index (χ0) is 20.7. The molecule has 0 aromatic carbocycles. The van der Waals surface area contributed by atoms with Crippen molar-refractivity contribution < 1.29 is 27.9 Å². The second-order valence-corrected chi connectivity index (χ2v) is 12.0. The summed E-state index contributed by atoms with van der Waals surface area (Å²) in [5, 5.41) is 0. The van der Waals surface area contributed by atoms with Crippen LogP contribution in [0.3, 0.4) is 0 Å². The van der Waals surface area contributed by atoms with E-state index >= 15 is 0 Å². The Bertz CT molecular complexity index is 790. The Morgan fingerprint density at radius 3 is 2.50 bits per heavy atom. The largest absolute Gasteiger partial charge is 0.461 e. The van der Waals surface area contributed by atoms with Crippen LogP contribution in [0.5, 0.6) is 0 Å². The second-order valence-electron chi connectivity index (χ2n) is 8.45. The summed E-state index contributed by atoms with van der Waals surface area (Å²) in [4.78, 5) is 12.6. The molecule has 0 radical (unpaired) electrons. The summed E-state index contributed by atoms with van der Waals surface area (Å²) in [5.41, 5.74) is 0.429.